The molecule has 0 saturated heterocycles. The average molecular weight is 278 g/mol. The zero-order valence-electron chi connectivity index (χ0n) is 8.82. The highest BCUT2D eigenvalue weighted by atomic mass is 79.9. The molecule has 0 atom stereocenters. The Balaban J connectivity index is 1.91. The van der Waals surface area contributed by atoms with Crippen LogP contribution >= 0.6 is 15.9 Å². The van der Waals surface area contributed by atoms with Crippen molar-refractivity contribution in [3.05, 3.63) is 40.9 Å². The lowest BCUT2D eigenvalue weighted by Gasteiger charge is -2.21. The molecule has 82 valence electrons. The Hall–Kier alpha value is -1.09. The van der Waals surface area contributed by atoms with Crippen molar-refractivity contribution in [3.8, 4) is 11.3 Å². The van der Waals surface area contributed by atoms with E-state index in [1.807, 2.05) is 18.2 Å². The fourth-order valence-corrected chi connectivity index (χ4v) is 2.31. The Labute approximate surface area is 103 Å². The molecule has 0 aliphatic heterocycles. The molecule has 2 nitrogen and oxygen atoms in total. The summed E-state index contributed by atoms with van der Waals surface area (Å²) in [5.41, 5.74) is 2.03. The van der Waals surface area contributed by atoms with E-state index in [1.54, 1.807) is 6.26 Å². The molecule has 3 rings (SSSR count). The van der Waals surface area contributed by atoms with E-state index in [9.17, 15) is 0 Å². The molecule has 1 aliphatic carbocycles. The predicted octanol–water partition coefficient (Wildman–Crippen LogP) is 4.37. The molecule has 1 aromatic carbocycles. The van der Waals surface area contributed by atoms with Gasteiger partial charge in [0.2, 0.25) is 0 Å². The van der Waals surface area contributed by atoms with Crippen LogP contribution in [0.25, 0.3) is 11.3 Å². The van der Waals surface area contributed by atoms with Gasteiger partial charge in [0, 0.05) is 16.0 Å². The first-order valence-corrected chi connectivity index (χ1v) is 6.33. The van der Waals surface area contributed by atoms with E-state index in [-0.39, 0.29) is 0 Å². The number of aromatic nitrogens is 1. The molecule has 1 heterocycles. The molecule has 2 aromatic rings. The van der Waals surface area contributed by atoms with Crippen molar-refractivity contribution in [2.24, 2.45) is 0 Å². The summed E-state index contributed by atoms with van der Waals surface area (Å²) in [6.45, 7) is 0. The number of oxazole rings is 1. The quantitative estimate of drug-likeness (QED) is 0.815. The summed E-state index contributed by atoms with van der Waals surface area (Å²) in [6, 6.07) is 8.13. The minimum Gasteiger partial charge on any atom is -0.448 e. The van der Waals surface area contributed by atoms with Crippen LogP contribution in [0.3, 0.4) is 0 Å². The SMILES string of the molecule is Brc1cccc(-c2coc(C3CCC3)n2)c1. The summed E-state index contributed by atoms with van der Waals surface area (Å²) < 4.78 is 6.60. The zero-order valence-corrected chi connectivity index (χ0v) is 10.4. The van der Waals surface area contributed by atoms with E-state index >= 15 is 0 Å². The molecule has 1 aliphatic rings. The van der Waals surface area contributed by atoms with Crippen LogP contribution in [0.2, 0.25) is 0 Å². The van der Waals surface area contributed by atoms with Crippen LogP contribution in [0.1, 0.15) is 31.1 Å². The molecule has 0 radical (unpaired) electrons. The van der Waals surface area contributed by atoms with Gasteiger partial charge in [-0.1, -0.05) is 34.5 Å². The molecule has 16 heavy (non-hydrogen) atoms. The van der Waals surface area contributed by atoms with E-state index in [0.717, 1.165) is 21.6 Å². The van der Waals surface area contributed by atoms with Gasteiger partial charge in [-0.05, 0) is 25.0 Å². The highest BCUT2D eigenvalue weighted by molar-refractivity contribution is 9.10. The first kappa shape index (κ1) is 10.1. The smallest absolute Gasteiger partial charge is 0.197 e. The molecule has 1 saturated carbocycles. The van der Waals surface area contributed by atoms with Gasteiger partial charge < -0.3 is 4.42 Å². The van der Waals surface area contributed by atoms with Crippen molar-refractivity contribution in [2.75, 3.05) is 0 Å². The summed E-state index contributed by atoms with van der Waals surface area (Å²) in [5, 5.41) is 0. The number of hydrogen-bond acceptors (Lipinski definition) is 2. The highest BCUT2D eigenvalue weighted by Crippen LogP contribution is 2.36. The molecule has 1 fully saturated rings. The second kappa shape index (κ2) is 4.06. The van der Waals surface area contributed by atoms with E-state index < -0.39 is 0 Å². The molecule has 0 spiro atoms. The van der Waals surface area contributed by atoms with Gasteiger partial charge in [0.1, 0.15) is 12.0 Å². The van der Waals surface area contributed by atoms with Crippen molar-refractivity contribution in [1.29, 1.82) is 0 Å². The third kappa shape index (κ3) is 1.80. The van der Waals surface area contributed by atoms with Gasteiger partial charge in [0.05, 0.1) is 0 Å². The minimum atomic E-state index is 0.556. The first-order valence-electron chi connectivity index (χ1n) is 5.54. The van der Waals surface area contributed by atoms with E-state index in [1.165, 1.54) is 19.3 Å². The summed E-state index contributed by atoms with van der Waals surface area (Å²) in [7, 11) is 0. The fraction of sp³-hybridized carbons (Fsp3) is 0.308. The van der Waals surface area contributed by atoms with Crippen LogP contribution in [0.4, 0.5) is 0 Å². The zero-order chi connectivity index (χ0) is 11.0. The Bertz CT molecular complexity index is 502. The Morgan fingerprint density at radius 3 is 2.88 bits per heavy atom. The molecule has 0 unspecified atom stereocenters. The Morgan fingerprint density at radius 1 is 1.31 bits per heavy atom. The fourth-order valence-electron chi connectivity index (χ4n) is 1.91. The third-order valence-corrected chi connectivity index (χ3v) is 3.59. The maximum Gasteiger partial charge on any atom is 0.197 e. The molecule has 0 amide bonds. The van der Waals surface area contributed by atoms with Gasteiger partial charge in [-0.3, -0.25) is 0 Å². The second-order valence-electron chi connectivity index (χ2n) is 4.21. The summed E-state index contributed by atoms with van der Waals surface area (Å²) in [4.78, 5) is 4.56. The number of nitrogens with zero attached hydrogens (tertiary/aromatic N) is 1. The van der Waals surface area contributed by atoms with Crippen molar-refractivity contribution in [3.63, 3.8) is 0 Å². The molecule has 3 heteroatoms. The number of halogens is 1. The van der Waals surface area contributed by atoms with E-state index in [2.05, 4.69) is 27.0 Å². The average Bonchev–Trinajstić information content (AvgIpc) is 2.64. The van der Waals surface area contributed by atoms with Crippen LogP contribution in [-0.4, -0.2) is 4.98 Å². The van der Waals surface area contributed by atoms with Crippen molar-refractivity contribution < 1.29 is 4.42 Å². The monoisotopic (exact) mass is 277 g/mol. The van der Waals surface area contributed by atoms with Gasteiger partial charge in [0.15, 0.2) is 5.89 Å². The number of rotatable bonds is 2. The van der Waals surface area contributed by atoms with Crippen LogP contribution < -0.4 is 0 Å². The summed E-state index contributed by atoms with van der Waals surface area (Å²) in [5.74, 6) is 1.46. The first-order chi connectivity index (χ1) is 7.83. The van der Waals surface area contributed by atoms with Gasteiger partial charge in [-0.25, -0.2) is 4.98 Å². The molecular weight excluding hydrogens is 266 g/mol. The maximum absolute atomic E-state index is 5.54. The standard InChI is InChI=1S/C13H12BrNO/c14-11-6-2-5-10(7-11)12-8-16-13(15-12)9-3-1-4-9/h2,5-9H,1,3-4H2. The molecule has 0 N–H and O–H groups in total. The lowest BCUT2D eigenvalue weighted by Crippen LogP contribution is -2.08. The molecule has 0 bridgehead atoms. The van der Waals surface area contributed by atoms with Gasteiger partial charge in [-0.2, -0.15) is 0 Å². The van der Waals surface area contributed by atoms with Crippen molar-refractivity contribution >= 4 is 15.9 Å². The van der Waals surface area contributed by atoms with E-state index in [0.29, 0.717) is 5.92 Å². The van der Waals surface area contributed by atoms with E-state index in [4.69, 9.17) is 4.42 Å². The van der Waals surface area contributed by atoms with Crippen LogP contribution in [0, 0.1) is 0 Å². The molecular formula is C13H12BrNO. The summed E-state index contributed by atoms with van der Waals surface area (Å²) >= 11 is 3.46. The van der Waals surface area contributed by atoms with Crippen molar-refractivity contribution in [1.82, 2.24) is 4.98 Å². The topological polar surface area (TPSA) is 26.0 Å². The van der Waals surface area contributed by atoms with Gasteiger partial charge in [-0.15, -0.1) is 0 Å². The normalized spacial score (nSPS) is 16.1. The third-order valence-electron chi connectivity index (χ3n) is 3.10. The van der Waals surface area contributed by atoms with Crippen molar-refractivity contribution in [2.45, 2.75) is 25.2 Å². The summed E-state index contributed by atoms with van der Waals surface area (Å²) in [6.07, 6.45) is 5.51. The highest BCUT2D eigenvalue weighted by Gasteiger charge is 2.24. The van der Waals surface area contributed by atoms with Gasteiger partial charge in [0.25, 0.3) is 0 Å². The number of benzene rings is 1. The van der Waals surface area contributed by atoms with Crippen LogP contribution in [-0.2, 0) is 0 Å². The Kier molecular flexibility index (Phi) is 2.56. The largest absolute Gasteiger partial charge is 0.448 e. The lowest BCUT2D eigenvalue weighted by molar-refractivity contribution is 0.335. The molecule has 1 aromatic heterocycles. The second-order valence-corrected chi connectivity index (χ2v) is 5.12. The van der Waals surface area contributed by atoms with Crippen LogP contribution in [0.5, 0.6) is 0 Å². The lowest BCUT2D eigenvalue weighted by atomic mass is 9.85. The van der Waals surface area contributed by atoms with Crippen LogP contribution in [0.15, 0.2) is 39.4 Å². The number of hydrogen-bond donors (Lipinski definition) is 0. The minimum absolute atomic E-state index is 0.556. The predicted molar refractivity (Wildman–Crippen MR) is 66.2 cm³/mol. The van der Waals surface area contributed by atoms with Gasteiger partial charge >= 0.3 is 0 Å². The Morgan fingerprint density at radius 2 is 2.19 bits per heavy atom. The maximum atomic E-state index is 5.54.